The number of ether oxygens (including phenoxy) is 2. The van der Waals surface area contributed by atoms with E-state index in [0.29, 0.717) is 16.6 Å². The molecule has 0 bridgehead atoms. The Morgan fingerprint density at radius 3 is 2.23 bits per heavy atom. The third-order valence-electron chi connectivity index (χ3n) is 6.95. The van der Waals surface area contributed by atoms with Crippen LogP contribution in [0.3, 0.4) is 0 Å². The lowest BCUT2D eigenvalue weighted by Crippen LogP contribution is -2.23. The molecule has 0 spiro atoms. The van der Waals surface area contributed by atoms with Gasteiger partial charge in [0, 0.05) is 5.56 Å². The van der Waals surface area contributed by atoms with Crippen molar-refractivity contribution < 1.29 is 27.8 Å². The molecule has 1 aliphatic rings. The Hall–Kier alpha value is -3.75. The lowest BCUT2D eigenvalue weighted by molar-refractivity contribution is -0.146. The summed E-state index contributed by atoms with van der Waals surface area (Å²) in [6.07, 6.45) is -0.229. The van der Waals surface area contributed by atoms with E-state index in [1.54, 1.807) is 6.07 Å². The van der Waals surface area contributed by atoms with Crippen molar-refractivity contribution in [2.45, 2.75) is 38.2 Å². The number of halogens is 3. The van der Waals surface area contributed by atoms with Crippen molar-refractivity contribution in [2.75, 3.05) is 11.9 Å². The van der Waals surface area contributed by atoms with Crippen molar-refractivity contribution in [3.8, 4) is 21.6 Å². The van der Waals surface area contributed by atoms with Crippen LogP contribution >= 0.6 is 22.9 Å². The number of carbonyl (C=O) groups is 2. The van der Waals surface area contributed by atoms with Crippen LogP contribution in [0.2, 0.25) is 4.34 Å². The van der Waals surface area contributed by atoms with Gasteiger partial charge in [0.2, 0.25) is 0 Å². The van der Waals surface area contributed by atoms with Crippen molar-refractivity contribution in [1.29, 1.82) is 0 Å². The number of thiophene rings is 1. The predicted molar refractivity (Wildman–Crippen MR) is 153 cm³/mol. The molecule has 0 radical (unpaired) electrons. The first kappa shape index (κ1) is 27.8. The summed E-state index contributed by atoms with van der Waals surface area (Å²) >= 11 is 7.56. The maximum Gasteiger partial charge on any atom is 0.412 e. The van der Waals surface area contributed by atoms with Crippen molar-refractivity contribution in [3.63, 3.8) is 0 Å². The van der Waals surface area contributed by atoms with Gasteiger partial charge in [-0.3, -0.25) is 10.1 Å². The fraction of sp³-hybridized carbons (Fsp3) is 0.226. The molecule has 1 unspecified atom stereocenters. The third kappa shape index (κ3) is 5.74. The first-order valence-electron chi connectivity index (χ1n) is 12.8. The minimum absolute atomic E-state index is 0.0597. The molecule has 1 amide bonds. The van der Waals surface area contributed by atoms with Crippen LogP contribution in [0.1, 0.15) is 43.9 Å². The van der Waals surface area contributed by atoms with Crippen LogP contribution in [-0.2, 0) is 19.7 Å². The minimum atomic E-state index is -1.01. The largest absolute Gasteiger partial charge is 0.465 e. The molecule has 40 heavy (non-hydrogen) atoms. The molecular weight excluding hydrogens is 556 g/mol. The van der Waals surface area contributed by atoms with Gasteiger partial charge in [0.15, 0.2) is 0 Å². The molecule has 5 nitrogen and oxygen atoms in total. The van der Waals surface area contributed by atoms with Crippen LogP contribution in [0.4, 0.5) is 19.3 Å². The maximum atomic E-state index is 14.1. The zero-order valence-electron chi connectivity index (χ0n) is 21.8. The van der Waals surface area contributed by atoms with Crippen LogP contribution in [-0.4, -0.2) is 18.7 Å². The van der Waals surface area contributed by atoms with E-state index in [0.717, 1.165) is 58.2 Å². The van der Waals surface area contributed by atoms with E-state index in [1.165, 1.54) is 18.3 Å². The van der Waals surface area contributed by atoms with Crippen molar-refractivity contribution >= 4 is 40.7 Å². The predicted octanol–water partition coefficient (Wildman–Crippen LogP) is 8.92. The average Bonchev–Trinajstić information content (AvgIpc) is 3.68. The van der Waals surface area contributed by atoms with Crippen LogP contribution in [0.5, 0.6) is 0 Å². The van der Waals surface area contributed by atoms with E-state index in [4.69, 9.17) is 21.1 Å². The molecule has 0 saturated heterocycles. The second-order valence-electron chi connectivity index (χ2n) is 9.59. The smallest absolute Gasteiger partial charge is 0.412 e. The van der Waals surface area contributed by atoms with Gasteiger partial charge in [-0.05, 0) is 73.2 Å². The molecule has 206 valence electrons. The summed E-state index contributed by atoms with van der Waals surface area (Å²) in [6.45, 7) is 3.64. The van der Waals surface area contributed by atoms with E-state index in [-0.39, 0.29) is 11.5 Å². The Morgan fingerprint density at radius 1 is 0.975 bits per heavy atom. The van der Waals surface area contributed by atoms with Gasteiger partial charge < -0.3 is 9.47 Å². The van der Waals surface area contributed by atoms with Gasteiger partial charge in [-0.1, -0.05) is 60.1 Å². The zero-order valence-corrected chi connectivity index (χ0v) is 23.4. The zero-order chi connectivity index (χ0) is 28.4. The second kappa shape index (κ2) is 11.4. The lowest BCUT2D eigenvalue weighted by atomic mass is 9.93. The molecule has 1 heterocycles. The summed E-state index contributed by atoms with van der Waals surface area (Å²) in [4.78, 5) is 25.7. The van der Waals surface area contributed by atoms with E-state index >= 15 is 0 Å². The molecule has 1 fully saturated rings. The topological polar surface area (TPSA) is 64.6 Å². The Kier molecular flexibility index (Phi) is 7.92. The first-order chi connectivity index (χ1) is 19.2. The van der Waals surface area contributed by atoms with Gasteiger partial charge in [-0.15, -0.1) is 11.3 Å². The number of benzene rings is 3. The summed E-state index contributed by atoms with van der Waals surface area (Å²) in [7, 11) is 0. The SMILES string of the molecule is CCOC(=O)C1(c2ccc(-c3ccc(-c4sc(Cl)cc4NC(=O)OC(C)c4cc(F)ccc4F)cc3)cc2)CC1. The van der Waals surface area contributed by atoms with Crippen molar-refractivity contribution in [1.82, 2.24) is 0 Å². The summed E-state index contributed by atoms with van der Waals surface area (Å²) in [5.41, 5.74) is 3.66. The number of esters is 1. The Morgan fingerprint density at radius 2 is 1.60 bits per heavy atom. The van der Waals surface area contributed by atoms with Gasteiger partial charge in [-0.25, -0.2) is 13.6 Å². The number of anilines is 1. The molecule has 1 aliphatic carbocycles. The maximum absolute atomic E-state index is 14.1. The molecular formula is C31H26ClF2NO4S. The molecule has 5 rings (SSSR count). The molecule has 1 aromatic heterocycles. The number of rotatable bonds is 8. The molecule has 1 N–H and O–H groups in total. The number of nitrogens with one attached hydrogen (secondary N) is 1. The fourth-order valence-electron chi connectivity index (χ4n) is 4.66. The Labute approximate surface area is 239 Å². The van der Waals surface area contributed by atoms with E-state index in [1.807, 2.05) is 55.5 Å². The van der Waals surface area contributed by atoms with Gasteiger partial charge in [0.1, 0.15) is 17.7 Å². The van der Waals surface area contributed by atoms with E-state index < -0.39 is 29.2 Å². The summed E-state index contributed by atoms with van der Waals surface area (Å²) in [5.74, 6) is -1.45. The quantitative estimate of drug-likeness (QED) is 0.211. The number of hydrogen-bond acceptors (Lipinski definition) is 5. The summed E-state index contributed by atoms with van der Waals surface area (Å²) in [5, 5.41) is 2.67. The molecule has 1 atom stereocenters. The van der Waals surface area contributed by atoms with Gasteiger partial charge in [0.05, 0.1) is 26.9 Å². The molecule has 3 aromatic carbocycles. The van der Waals surface area contributed by atoms with Crippen LogP contribution in [0, 0.1) is 11.6 Å². The average molecular weight is 582 g/mol. The highest BCUT2D eigenvalue weighted by Crippen LogP contribution is 2.49. The molecule has 4 aromatic rings. The third-order valence-corrected chi connectivity index (χ3v) is 8.27. The summed E-state index contributed by atoms with van der Waals surface area (Å²) in [6, 6.07) is 20.3. The van der Waals surface area contributed by atoms with Crippen LogP contribution in [0.15, 0.2) is 72.8 Å². The normalized spacial score (nSPS) is 14.3. The van der Waals surface area contributed by atoms with Crippen molar-refractivity contribution in [2.24, 2.45) is 0 Å². The highest BCUT2D eigenvalue weighted by Gasteiger charge is 2.52. The van der Waals surface area contributed by atoms with Gasteiger partial charge >= 0.3 is 12.1 Å². The monoisotopic (exact) mass is 581 g/mol. The van der Waals surface area contributed by atoms with Gasteiger partial charge in [-0.2, -0.15) is 0 Å². The van der Waals surface area contributed by atoms with Crippen molar-refractivity contribution in [3.05, 3.63) is 99.9 Å². The lowest BCUT2D eigenvalue weighted by Gasteiger charge is -2.15. The van der Waals surface area contributed by atoms with E-state index in [9.17, 15) is 18.4 Å². The second-order valence-corrected chi connectivity index (χ2v) is 11.3. The standard InChI is InChI=1S/C31H26ClF2NO4S/c1-3-38-29(36)31(14-15-31)22-10-8-20(9-11-22)19-4-6-21(7-5-19)28-26(17-27(32)40-28)35-30(37)39-18(2)24-16-23(33)12-13-25(24)34/h4-13,16-18H,3,14-15H2,1-2H3,(H,35,37). The van der Waals surface area contributed by atoms with Crippen LogP contribution < -0.4 is 5.32 Å². The van der Waals surface area contributed by atoms with E-state index in [2.05, 4.69) is 5.32 Å². The molecule has 9 heteroatoms. The highest BCUT2D eigenvalue weighted by atomic mass is 35.5. The number of amides is 1. The minimum Gasteiger partial charge on any atom is -0.465 e. The Balaban J connectivity index is 1.29. The number of carbonyl (C=O) groups excluding carboxylic acids is 2. The molecule has 1 saturated carbocycles. The molecule has 0 aliphatic heterocycles. The Bertz CT molecular complexity index is 1550. The van der Waals surface area contributed by atoms with Crippen LogP contribution in [0.25, 0.3) is 21.6 Å². The first-order valence-corrected chi connectivity index (χ1v) is 14.0. The fourth-order valence-corrected chi connectivity index (χ4v) is 5.84. The van der Waals surface area contributed by atoms with Gasteiger partial charge in [0.25, 0.3) is 0 Å². The summed E-state index contributed by atoms with van der Waals surface area (Å²) < 4.78 is 38.6. The highest BCUT2D eigenvalue weighted by molar-refractivity contribution is 7.20. The number of hydrogen-bond donors (Lipinski definition) is 1.